The minimum Gasteiger partial charge on any atom is -0.444 e. The second-order valence-corrected chi connectivity index (χ2v) is 6.92. The van der Waals surface area contributed by atoms with Crippen LogP contribution < -0.4 is 10.6 Å². The molecular weight excluding hydrogens is 292 g/mol. The Balaban J connectivity index is 1.74. The average molecular weight is 320 g/mol. The Morgan fingerprint density at radius 1 is 1.17 bits per heavy atom. The highest BCUT2D eigenvalue weighted by atomic mass is 16.6. The number of alkyl carbamates (subject to hydrolysis) is 1. The molecule has 0 atom stereocenters. The number of carbonyl (C=O) groups excluding carboxylic acids is 1. The zero-order valence-electron chi connectivity index (χ0n) is 14.4. The number of fused-ring (bicyclic) bond motifs is 1. The third-order valence-electron chi connectivity index (χ3n) is 3.69. The summed E-state index contributed by atoms with van der Waals surface area (Å²) in [5.41, 5.74) is 2.00. The molecule has 1 heterocycles. The van der Waals surface area contributed by atoms with Crippen molar-refractivity contribution < 1.29 is 9.53 Å². The van der Waals surface area contributed by atoms with Crippen LogP contribution >= 0.6 is 0 Å². The SMILES string of the molecule is CC(C)(C)OC(=O)NCCCNc1ncnc2c1CCCCC2. The number of hydrogen-bond donors (Lipinski definition) is 2. The largest absolute Gasteiger partial charge is 0.444 e. The molecule has 1 aromatic rings. The second kappa shape index (κ2) is 8.13. The maximum atomic E-state index is 11.5. The molecule has 0 unspecified atom stereocenters. The average Bonchev–Trinajstić information content (AvgIpc) is 2.70. The summed E-state index contributed by atoms with van der Waals surface area (Å²) in [5.74, 6) is 0.953. The van der Waals surface area contributed by atoms with Gasteiger partial charge in [0.1, 0.15) is 17.7 Å². The van der Waals surface area contributed by atoms with E-state index in [0.29, 0.717) is 6.54 Å². The lowest BCUT2D eigenvalue weighted by molar-refractivity contribution is 0.0528. The highest BCUT2D eigenvalue weighted by molar-refractivity contribution is 5.67. The second-order valence-electron chi connectivity index (χ2n) is 6.92. The summed E-state index contributed by atoms with van der Waals surface area (Å²) < 4.78 is 5.20. The van der Waals surface area contributed by atoms with Crippen LogP contribution in [0.15, 0.2) is 6.33 Å². The lowest BCUT2D eigenvalue weighted by atomic mass is 10.1. The predicted molar refractivity (Wildman–Crippen MR) is 90.6 cm³/mol. The van der Waals surface area contributed by atoms with Crippen molar-refractivity contribution in [3.8, 4) is 0 Å². The molecule has 6 heteroatoms. The smallest absolute Gasteiger partial charge is 0.407 e. The van der Waals surface area contributed by atoms with E-state index in [2.05, 4.69) is 20.6 Å². The van der Waals surface area contributed by atoms with Crippen LogP contribution in [-0.2, 0) is 17.6 Å². The minimum atomic E-state index is -0.457. The third-order valence-corrected chi connectivity index (χ3v) is 3.69. The van der Waals surface area contributed by atoms with Crippen LogP contribution in [0.25, 0.3) is 0 Å². The summed E-state index contributed by atoms with van der Waals surface area (Å²) in [6, 6.07) is 0. The number of carbonyl (C=O) groups is 1. The topological polar surface area (TPSA) is 76.1 Å². The van der Waals surface area contributed by atoms with E-state index in [4.69, 9.17) is 4.74 Å². The number of ether oxygens (including phenoxy) is 1. The van der Waals surface area contributed by atoms with E-state index < -0.39 is 5.60 Å². The molecule has 1 aliphatic rings. The number of aromatic nitrogens is 2. The fraction of sp³-hybridized carbons (Fsp3) is 0.706. The van der Waals surface area contributed by atoms with E-state index in [1.807, 2.05) is 20.8 Å². The Kier molecular flexibility index (Phi) is 6.19. The molecule has 2 rings (SSSR count). The van der Waals surface area contributed by atoms with Crippen LogP contribution in [0.1, 0.15) is 57.7 Å². The van der Waals surface area contributed by atoms with Crippen LogP contribution in [0.3, 0.4) is 0 Å². The van der Waals surface area contributed by atoms with Gasteiger partial charge < -0.3 is 15.4 Å². The lowest BCUT2D eigenvalue weighted by Gasteiger charge is -2.19. The number of nitrogens with one attached hydrogen (secondary N) is 2. The molecule has 1 amide bonds. The minimum absolute atomic E-state index is 0.367. The lowest BCUT2D eigenvalue weighted by Crippen LogP contribution is -2.33. The normalized spacial score (nSPS) is 14.6. The van der Waals surface area contributed by atoms with Crippen LogP contribution in [-0.4, -0.2) is 34.8 Å². The first-order valence-electron chi connectivity index (χ1n) is 8.49. The Bertz CT molecular complexity index is 526. The summed E-state index contributed by atoms with van der Waals surface area (Å²) in [5, 5.41) is 6.14. The van der Waals surface area contributed by atoms with Crippen molar-refractivity contribution in [2.75, 3.05) is 18.4 Å². The van der Waals surface area contributed by atoms with Crippen molar-refractivity contribution in [1.29, 1.82) is 0 Å². The van der Waals surface area contributed by atoms with Crippen molar-refractivity contribution in [3.05, 3.63) is 17.6 Å². The molecule has 0 aromatic carbocycles. The molecule has 0 bridgehead atoms. The number of amides is 1. The van der Waals surface area contributed by atoms with Gasteiger partial charge in [-0.25, -0.2) is 14.8 Å². The number of hydrogen-bond acceptors (Lipinski definition) is 5. The molecule has 128 valence electrons. The zero-order chi connectivity index (χ0) is 16.7. The van der Waals surface area contributed by atoms with Crippen molar-refractivity contribution in [2.45, 2.75) is 64.9 Å². The molecule has 0 radical (unpaired) electrons. The van der Waals surface area contributed by atoms with Gasteiger partial charge in [-0.05, 0) is 52.9 Å². The molecule has 0 fully saturated rings. The molecule has 6 nitrogen and oxygen atoms in total. The molecular formula is C17H28N4O2. The summed E-state index contributed by atoms with van der Waals surface area (Å²) in [6.45, 7) is 6.91. The molecule has 0 spiro atoms. The Hall–Kier alpha value is -1.85. The van der Waals surface area contributed by atoms with Gasteiger partial charge >= 0.3 is 6.09 Å². The quantitative estimate of drug-likeness (QED) is 0.644. The summed E-state index contributed by atoms with van der Waals surface area (Å²) in [4.78, 5) is 20.3. The Labute approximate surface area is 138 Å². The van der Waals surface area contributed by atoms with Crippen molar-refractivity contribution in [2.24, 2.45) is 0 Å². The first-order chi connectivity index (χ1) is 11.0. The van der Waals surface area contributed by atoms with E-state index in [1.54, 1.807) is 6.33 Å². The fourth-order valence-corrected chi connectivity index (χ4v) is 2.65. The maximum absolute atomic E-state index is 11.5. The third kappa shape index (κ3) is 6.04. The van der Waals surface area contributed by atoms with Crippen LogP contribution in [0, 0.1) is 0 Å². The molecule has 0 saturated carbocycles. The molecule has 1 aromatic heterocycles. The summed E-state index contributed by atoms with van der Waals surface area (Å²) in [6.07, 6.45) is 7.87. The van der Waals surface area contributed by atoms with Gasteiger partial charge in [0, 0.05) is 24.3 Å². The number of nitrogens with zero attached hydrogens (tertiary/aromatic N) is 2. The van der Waals surface area contributed by atoms with Crippen LogP contribution in [0.5, 0.6) is 0 Å². The highest BCUT2D eigenvalue weighted by Crippen LogP contribution is 2.23. The summed E-state index contributed by atoms with van der Waals surface area (Å²) >= 11 is 0. The molecule has 0 saturated heterocycles. The molecule has 23 heavy (non-hydrogen) atoms. The van der Waals surface area contributed by atoms with E-state index in [1.165, 1.54) is 30.5 Å². The van der Waals surface area contributed by atoms with Crippen molar-refractivity contribution in [3.63, 3.8) is 0 Å². The monoisotopic (exact) mass is 320 g/mol. The van der Waals surface area contributed by atoms with Gasteiger partial charge in [-0.1, -0.05) is 6.42 Å². The first-order valence-corrected chi connectivity index (χ1v) is 8.49. The zero-order valence-corrected chi connectivity index (χ0v) is 14.4. The fourth-order valence-electron chi connectivity index (χ4n) is 2.65. The van der Waals surface area contributed by atoms with Gasteiger partial charge in [0.25, 0.3) is 0 Å². The van der Waals surface area contributed by atoms with E-state index in [9.17, 15) is 4.79 Å². The summed E-state index contributed by atoms with van der Waals surface area (Å²) in [7, 11) is 0. The van der Waals surface area contributed by atoms with Crippen molar-refractivity contribution >= 4 is 11.9 Å². The highest BCUT2D eigenvalue weighted by Gasteiger charge is 2.16. The number of aryl methyl sites for hydroxylation is 1. The standard InChI is InChI=1S/C17H28N4O2/c1-17(2,3)23-16(22)19-11-7-10-18-15-13-8-5-4-6-9-14(13)20-12-21-15/h12H,4-11H2,1-3H3,(H,19,22)(H,18,20,21). The van der Waals surface area contributed by atoms with Gasteiger partial charge in [-0.2, -0.15) is 0 Å². The van der Waals surface area contributed by atoms with Crippen molar-refractivity contribution in [1.82, 2.24) is 15.3 Å². The predicted octanol–water partition coefficient (Wildman–Crippen LogP) is 3.07. The maximum Gasteiger partial charge on any atom is 0.407 e. The van der Waals surface area contributed by atoms with Crippen LogP contribution in [0.2, 0.25) is 0 Å². The molecule has 1 aliphatic carbocycles. The number of rotatable bonds is 5. The van der Waals surface area contributed by atoms with E-state index >= 15 is 0 Å². The van der Waals surface area contributed by atoms with Gasteiger partial charge in [0.15, 0.2) is 0 Å². The van der Waals surface area contributed by atoms with Gasteiger partial charge in [-0.3, -0.25) is 0 Å². The Morgan fingerprint density at radius 3 is 2.74 bits per heavy atom. The van der Waals surface area contributed by atoms with Gasteiger partial charge in [-0.15, -0.1) is 0 Å². The Morgan fingerprint density at radius 2 is 1.96 bits per heavy atom. The van der Waals surface area contributed by atoms with E-state index in [-0.39, 0.29) is 6.09 Å². The molecule has 2 N–H and O–H groups in total. The van der Waals surface area contributed by atoms with E-state index in [0.717, 1.165) is 31.6 Å². The first kappa shape index (κ1) is 17.5. The molecule has 0 aliphatic heterocycles. The van der Waals surface area contributed by atoms with Gasteiger partial charge in [0.2, 0.25) is 0 Å². The van der Waals surface area contributed by atoms with Gasteiger partial charge in [0.05, 0.1) is 0 Å². The number of anilines is 1. The van der Waals surface area contributed by atoms with Crippen LogP contribution in [0.4, 0.5) is 10.6 Å².